The van der Waals surface area contributed by atoms with Crippen LogP contribution < -0.4 is 19.7 Å². The number of rotatable bonds is 8. The molecule has 1 amide bonds. The highest BCUT2D eigenvalue weighted by Crippen LogP contribution is 2.29. The summed E-state index contributed by atoms with van der Waals surface area (Å²) in [5.41, 5.74) is 2.11. The molecule has 0 radical (unpaired) electrons. The van der Waals surface area contributed by atoms with Crippen molar-refractivity contribution < 1.29 is 27.6 Å². The number of nitro benzene ring substituents is 1. The van der Waals surface area contributed by atoms with E-state index in [1.165, 1.54) is 44.4 Å². The fraction of sp³-hybridized carbons (Fsp3) is 0.278. The van der Waals surface area contributed by atoms with Crippen molar-refractivity contribution in [3.05, 3.63) is 57.6 Å². The van der Waals surface area contributed by atoms with E-state index in [1.54, 1.807) is 0 Å². The first-order valence-corrected chi connectivity index (χ1v) is 9.95. The highest BCUT2D eigenvalue weighted by molar-refractivity contribution is 7.89. The minimum Gasteiger partial charge on any atom is -0.493 e. The Kier molecular flexibility index (Phi) is 6.77. The number of non-ortho nitro benzene ring substituents is 1. The largest absolute Gasteiger partial charge is 0.493 e. The van der Waals surface area contributed by atoms with Gasteiger partial charge in [-0.1, -0.05) is 6.07 Å². The molecule has 2 aromatic carbocycles. The average molecular weight is 423 g/mol. The van der Waals surface area contributed by atoms with Gasteiger partial charge in [0.25, 0.3) is 21.6 Å². The SMILES string of the molecule is COc1cc(C(=O)NNS(=O)(=O)c2cc([N+](=O)[O-])ccc2C)ccc1OC(C)C. The highest BCUT2D eigenvalue weighted by atomic mass is 32.2. The summed E-state index contributed by atoms with van der Waals surface area (Å²) in [4.78, 5) is 24.2. The topological polar surface area (TPSA) is 137 Å². The standard InChI is InChI=1S/C18H21N3O7S/c1-11(2)28-15-8-6-13(9-16(15)27-4)18(22)19-20-29(25,26)17-10-14(21(23)24)7-5-12(17)3/h5-11,20H,1-4H3,(H,19,22). The van der Waals surface area contributed by atoms with E-state index in [4.69, 9.17) is 9.47 Å². The van der Waals surface area contributed by atoms with Crippen LogP contribution in [-0.4, -0.2) is 32.5 Å². The van der Waals surface area contributed by atoms with E-state index in [1.807, 2.05) is 18.7 Å². The van der Waals surface area contributed by atoms with Gasteiger partial charge in [-0.15, -0.1) is 4.83 Å². The molecule has 0 heterocycles. The Balaban J connectivity index is 2.20. The van der Waals surface area contributed by atoms with Gasteiger partial charge in [0.05, 0.1) is 23.0 Å². The minimum absolute atomic E-state index is 0.103. The molecule has 0 saturated carbocycles. The third kappa shape index (κ3) is 5.42. The van der Waals surface area contributed by atoms with Crippen LogP contribution in [0.3, 0.4) is 0 Å². The second kappa shape index (κ2) is 8.88. The molecule has 0 aliphatic carbocycles. The van der Waals surface area contributed by atoms with Gasteiger partial charge in [-0.2, -0.15) is 0 Å². The first-order valence-electron chi connectivity index (χ1n) is 8.47. The van der Waals surface area contributed by atoms with Crippen LogP contribution in [0.5, 0.6) is 11.5 Å². The van der Waals surface area contributed by atoms with Crippen LogP contribution >= 0.6 is 0 Å². The number of hydrogen-bond acceptors (Lipinski definition) is 7. The van der Waals surface area contributed by atoms with Crippen LogP contribution in [-0.2, 0) is 10.0 Å². The molecule has 11 heteroatoms. The number of nitrogens with zero attached hydrogens (tertiary/aromatic N) is 1. The first kappa shape index (κ1) is 22.1. The summed E-state index contributed by atoms with van der Waals surface area (Å²) in [7, 11) is -2.82. The Morgan fingerprint density at radius 3 is 2.41 bits per heavy atom. The van der Waals surface area contributed by atoms with Crippen molar-refractivity contribution in [1.82, 2.24) is 10.3 Å². The van der Waals surface area contributed by atoms with Crippen LogP contribution in [0.2, 0.25) is 0 Å². The maximum atomic E-state index is 12.5. The van der Waals surface area contributed by atoms with Crippen LogP contribution in [0.15, 0.2) is 41.3 Å². The Bertz CT molecular complexity index is 1040. The van der Waals surface area contributed by atoms with Gasteiger partial charge < -0.3 is 9.47 Å². The van der Waals surface area contributed by atoms with Gasteiger partial charge in [-0.25, -0.2) is 8.42 Å². The molecule has 2 N–H and O–H groups in total. The zero-order chi connectivity index (χ0) is 21.8. The van der Waals surface area contributed by atoms with Crippen molar-refractivity contribution in [2.24, 2.45) is 0 Å². The summed E-state index contributed by atoms with van der Waals surface area (Å²) in [5.74, 6) is 0.00152. The lowest BCUT2D eigenvalue weighted by molar-refractivity contribution is -0.385. The molecule has 156 valence electrons. The smallest absolute Gasteiger partial charge is 0.270 e. The van der Waals surface area contributed by atoms with Gasteiger partial charge in [0, 0.05) is 17.7 Å². The van der Waals surface area contributed by atoms with Crippen molar-refractivity contribution in [3.63, 3.8) is 0 Å². The summed E-state index contributed by atoms with van der Waals surface area (Å²) in [6.07, 6.45) is -0.103. The van der Waals surface area contributed by atoms with Gasteiger partial charge in [-0.05, 0) is 44.5 Å². The molecule has 0 spiro atoms. The molecule has 0 saturated heterocycles. The van der Waals surface area contributed by atoms with Gasteiger partial charge in [0.15, 0.2) is 11.5 Å². The van der Waals surface area contributed by atoms with E-state index >= 15 is 0 Å². The van der Waals surface area contributed by atoms with Crippen molar-refractivity contribution in [3.8, 4) is 11.5 Å². The third-order valence-electron chi connectivity index (χ3n) is 3.76. The summed E-state index contributed by atoms with van der Waals surface area (Å²) >= 11 is 0. The van der Waals surface area contributed by atoms with Gasteiger partial charge in [0.1, 0.15) is 0 Å². The predicted molar refractivity (Wildman–Crippen MR) is 104 cm³/mol. The molecule has 10 nitrogen and oxygen atoms in total. The number of sulfonamides is 1. The van der Waals surface area contributed by atoms with Crippen molar-refractivity contribution in [2.45, 2.75) is 31.8 Å². The van der Waals surface area contributed by atoms with Crippen LogP contribution in [0.25, 0.3) is 0 Å². The lowest BCUT2D eigenvalue weighted by atomic mass is 10.2. The van der Waals surface area contributed by atoms with Crippen molar-refractivity contribution >= 4 is 21.6 Å². The van der Waals surface area contributed by atoms with Crippen LogP contribution in [0.1, 0.15) is 29.8 Å². The highest BCUT2D eigenvalue weighted by Gasteiger charge is 2.22. The second-order valence-electron chi connectivity index (χ2n) is 6.30. The maximum Gasteiger partial charge on any atom is 0.270 e. The Morgan fingerprint density at radius 1 is 1.14 bits per heavy atom. The van der Waals surface area contributed by atoms with Crippen LogP contribution in [0, 0.1) is 17.0 Å². The van der Waals surface area contributed by atoms with Crippen molar-refractivity contribution in [1.29, 1.82) is 0 Å². The number of benzene rings is 2. The quantitative estimate of drug-likeness (QED) is 0.491. The predicted octanol–water partition coefficient (Wildman–Crippen LogP) is 2.32. The first-order chi connectivity index (χ1) is 13.5. The van der Waals surface area contributed by atoms with Gasteiger partial charge in [-0.3, -0.25) is 20.3 Å². The zero-order valence-electron chi connectivity index (χ0n) is 16.3. The maximum absolute atomic E-state index is 12.5. The molecule has 0 fully saturated rings. The Hall–Kier alpha value is -3.18. The molecule has 2 aromatic rings. The molecule has 0 unspecified atom stereocenters. The number of methoxy groups -OCH3 is 1. The molecular weight excluding hydrogens is 402 g/mol. The van der Waals surface area contributed by atoms with E-state index in [2.05, 4.69) is 5.43 Å². The van der Waals surface area contributed by atoms with Crippen molar-refractivity contribution in [2.75, 3.05) is 7.11 Å². The minimum atomic E-state index is -4.23. The van der Waals surface area contributed by atoms with E-state index < -0.39 is 20.9 Å². The average Bonchev–Trinajstić information content (AvgIpc) is 2.66. The summed E-state index contributed by atoms with van der Waals surface area (Å²) in [6, 6.07) is 7.81. The van der Waals surface area contributed by atoms with Gasteiger partial charge >= 0.3 is 0 Å². The number of ether oxygens (including phenoxy) is 2. The fourth-order valence-electron chi connectivity index (χ4n) is 2.39. The van der Waals surface area contributed by atoms with E-state index in [-0.39, 0.29) is 27.8 Å². The van der Waals surface area contributed by atoms with E-state index in [0.29, 0.717) is 11.5 Å². The molecule has 0 aliphatic rings. The summed E-state index contributed by atoms with van der Waals surface area (Å²) in [5, 5.41) is 10.9. The zero-order valence-corrected chi connectivity index (χ0v) is 17.1. The number of carbonyl (C=O) groups is 1. The number of aryl methyl sites for hydroxylation is 1. The Labute approximate surface area is 168 Å². The number of carbonyl (C=O) groups excluding carboxylic acids is 1. The molecule has 0 aliphatic heterocycles. The number of nitrogens with one attached hydrogen (secondary N) is 2. The number of hydrazine groups is 1. The molecule has 2 rings (SSSR count). The lowest BCUT2D eigenvalue weighted by Gasteiger charge is -2.15. The molecule has 29 heavy (non-hydrogen) atoms. The monoisotopic (exact) mass is 423 g/mol. The van der Waals surface area contributed by atoms with Gasteiger partial charge in [0.2, 0.25) is 0 Å². The molecule has 0 aromatic heterocycles. The molecular formula is C18H21N3O7S. The lowest BCUT2D eigenvalue weighted by Crippen LogP contribution is -2.41. The van der Waals surface area contributed by atoms with Crippen LogP contribution in [0.4, 0.5) is 5.69 Å². The number of amides is 1. The normalized spacial score (nSPS) is 11.2. The van der Waals surface area contributed by atoms with E-state index in [0.717, 1.165) is 6.07 Å². The third-order valence-corrected chi connectivity index (χ3v) is 5.15. The summed E-state index contributed by atoms with van der Waals surface area (Å²) < 4.78 is 35.7. The second-order valence-corrected chi connectivity index (χ2v) is 7.95. The molecule has 0 bridgehead atoms. The number of hydrogen-bond donors (Lipinski definition) is 2. The Morgan fingerprint density at radius 2 is 1.83 bits per heavy atom. The number of nitro groups is 1. The summed E-state index contributed by atoms with van der Waals surface area (Å²) in [6.45, 7) is 5.16. The van der Waals surface area contributed by atoms with E-state index in [9.17, 15) is 23.3 Å². The molecule has 0 atom stereocenters. The fourth-order valence-corrected chi connectivity index (χ4v) is 3.50.